The summed E-state index contributed by atoms with van der Waals surface area (Å²) in [5.41, 5.74) is 1.41. The highest BCUT2D eigenvalue weighted by atomic mass is 35.5. The van der Waals surface area contributed by atoms with Gasteiger partial charge in [-0.2, -0.15) is 5.10 Å². The van der Waals surface area contributed by atoms with E-state index < -0.39 is 11.9 Å². The van der Waals surface area contributed by atoms with Gasteiger partial charge in [0.2, 0.25) is 0 Å². The van der Waals surface area contributed by atoms with E-state index in [4.69, 9.17) is 25.8 Å². The van der Waals surface area contributed by atoms with Crippen LogP contribution in [-0.4, -0.2) is 52.7 Å². The number of aromatic nitrogens is 2. The van der Waals surface area contributed by atoms with Gasteiger partial charge in [-0.3, -0.25) is 9.48 Å². The second kappa shape index (κ2) is 8.61. The number of nitrogens with zero attached hydrogens (tertiary/aromatic N) is 3. The molecule has 8 heteroatoms. The second-order valence-electron chi connectivity index (χ2n) is 7.29. The van der Waals surface area contributed by atoms with Crippen molar-refractivity contribution in [3.63, 3.8) is 0 Å². The number of carbonyl (C=O) groups is 1. The summed E-state index contributed by atoms with van der Waals surface area (Å²) in [6, 6.07) is 9.40. The molecular weight excluding hydrogens is 382 g/mol. The average molecular weight is 408 g/mol. The number of amides is 1. The number of benzene rings is 1. The highest BCUT2D eigenvalue weighted by Crippen LogP contribution is 2.26. The maximum Gasteiger partial charge on any atom is 0.256 e. The molecule has 7 nitrogen and oxygen atoms in total. The van der Waals surface area contributed by atoms with Crippen molar-refractivity contribution >= 4 is 17.5 Å². The molecule has 1 aliphatic heterocycles. The van der Waals surface area contributed by atoms with E-state index in [1.807, 2.05) is 44.2 Å². The van der Waals surface area contributed by atoms with E-state index in [1.165, 1.54) is 7.11 Å². The fourth-order valence-corrected chi connectivity index (χ4v) is 3.54. The third kappa shape index (κ3) is 4.91. The van der Waals surface area contributed by atoms with Crippen LogP contribution in [-0.2, 0) is 32.6 Å². The van der Waals surface area contributed by atoms with Crippen molar-refractivity contribution in [1.82, 2.24) is 14.7 Å². The molecule has 1 aromatic heterocycles. The van der Waals surface area contributed by atoms with Crippen LogP contribution in [0, 0.1) is 0 Å². The van der Waals surface area contributed by atoms with Crippen molar-refractivity contribution in [3.05, 3.63) is 52.8 Å². The monoisotopic (exact) mass is 407 g/mol. The molecule has 0 unspecified atom stereocenters. The Balaban J connectivity index is 1.83. The second-order valence-corrected chi connectivity index (χ2v) is 7.70. The van der Waals surface area contributed by atoms with E-state index in [0.717, 1.165) is 5.56 Å². The molecule has 0 radical (unpaired) electrons. The Bertz CT molecular complexity index is 809. The summed E-state index contributed by atoms with van der Waals surface area (Å²) in [4.78, 5) is 15.0. The van der Waals surface area contributed by atoms with Gasteiger partial charge in [-0.1, -0.05) is 41.9 Å². The summed E-state index contributed by atoms with van der Waals surface area (Å²) in [5, 5.41) is 4.88. The van der Waals surface area contributed by atoms with Crippen molar-refractivity contribution in [2.45, 2.75) is 38.4 Å². The first-order valence-electron chi connectivity index (χ1n) is 9.15. The van der Waals surface area contributed by atoms with Gasteiger partial charge in [-0.05, 0) is 19.4 Å². The molecule has 0 bridgehead atoms. The largest absolute Gasteiger partial charge is 0.367 e. The van der Waals surface area contributed by atoms with Gasteiger partial charge in [0.05, 0.1) is 18.2 Å². The minimum absolute atomic E-state index is 0.177. The quantitative estimate of drug-likeness (QED) is 0.706. The maximum atomic E-state index is 13.4. The van der Waals surface area contributed by atoms with Crippen molar-refractivity contribution in [3.8, 4) is 0 Å². The number of aryl methyl sites for hydroxylation is 1. The van der Waals surface area contributed by atoms with Crippen LogP contribution in [0.1, 0.15) is 31.2 Å². The summed E-state index contributed by atoms with van der Waals surface area (Å²) in [6.07, 6.45) is 0.747. The molecule has 2 aromatic rings. The minimum atomic E-state index is -0.723. The van der Waals surface area contributed by atoms with Crippen molar-refractivity contribution < 1.29 is 19.0 Å². The lowest BCUT2D eigenvalue weighted by atomic mass is 10.1. The van der Waals surface area contributed by atoms with Crippen LogP contribution >= 0.6 is 11.6 Å². The van der Waals surface area contributed by atoms with E-state index in [0.29, 0.717) is 23.9 Å². The predicted octanol–water partition coefficient (Wildman–Crippen LogP) is 2.94. The summed E-state index contributed by atoms with van der Waals surface area (Å²) in [5.74, 6) is -0.842. The maximum absolute atomic E-state index is 13.4. The normalized spacial score (nSPS) is 19.5. The molecule has 1 aromatic carbocycles. The molecule has 152 valence electrons. The van der Waals surface area contributed by atoms with Crippen molar-refractivity contribution in [2.75, 3.05) is 20.3 Å². The molecule has 2 heterocycles. The van der Waals surface area contributed by atoms with Crippen molar-refractivity contribution in [1.29, 1.82) is 0 Å². The molecule has 3 rings (SSSR count). The van der Waals surface area contributed by atoms with E-state index in [1.54, 1.807) is 22.8 Å². The van der Waals surface area contributed by atoms with E-state index in [2.05, 4.69) is 5.10 Å². The third-order valence-electron chi connectivity index (χ3n) is 4.56. The fraction of sp³-hybridized carbons (Fsp3) is 0.500. The molecule has 0 spiro atoms. The molecule has 2 atom stereocenters. The van der Waals surface area contributed by atoms with Gasteiger partial charge in [0.15, 0.2) is 11.9 Å². The van der Waals surface area contributed by atoms with Gasteiger partial charge in [-0.25, -0.2) is 0 Å². The van der Waals surface area contributed by atoms with Crippen LogP contribution in [0.2, 0.25) is 5.02 Å². The average Bonchev–Trinajstić information content (AvgIpc) is 3.16. The Hall–Kier alpha value is -1.93. The number of methoxy groups -OCH3 is 1. The number of hydrogen-bond acceptors (Lipinski definition) is 5. The predicted molar refractivity (Wildman–Crippen MR) is 105 cm³/mol. The fourth-order valence-electron chi connectivity index (χ4n) is 3.30. The zero-order valence-electron chi connectivity index (χ0n) is 16.6. The van der Waals surface area contributed by atoms with Crippen LogP contribution in [0.3, 0.4) is 0 Å². The lowest BCUT2D eigenvalue weighted by Crippen LogP contribution is -2.41. The Morgan fingerprint density at radius 3 is 2.68 bits per heavy atom. The highest BCUT2D eigenvalue weighted by molar-refractivity contribution is 6.31. The van der Waals surface area contributed by atoms with Gasteiger partial charge in [0, 0.05) is 26.9 Å². The Kier molecular flexibility index (Phi) is 6.40. The Labute approximate surface area is 170 Å². The van der Waals surface area contributed by atoms with Gasteiger partial charge in [0.1, 0.15) is 11.8 Å². The van der Waals surface area contributed by atoms with Crippen LogP contribution < -0.4 is 0 Å². The van der Waals surface area contributed by atoms with Crippen LogP contribution in [0.25, 0.3) is 0 Å². The van der Waals surface area contributed by atoms with Gasteiger partial charge in [-0.15, -0.1) is 0 Å². The van der Waals surface area contributed by atoms with E-state index in [-0.39, 0.29) is 18.6 Å². The van der Waals surface area contributed by atoms with E-state index >= 15 is 0 Å². The lowest BCUT2D eigenvalue weighted by Gasteiger charge is -2.28. The number of ether oxygens (including phenoxy) is 3. The molecule has 0 saturated carbocycles. The zero-order chi connectivity index (χ0) is 20.3. The molecule has 1 aliphatic rings. The first kappa shape index (κ1) is 20.8. The molecule has 1 saturated heterocycles. The van der Waals surface area contributed by atoms with Crippen LogP contribution in [0.5, 0.6) is 0 Å². The molecule has 1 amide bonds. The van der Waals surface area contributed by atoms with Crippen molar-refractivity contribution in [2.24, 2.45) is 7.05 Å². The molecule has 1 fully saturated rings. The third-order valence-corrected chi connectivity index (χ3v) is 4.88. The van der Waals surface area contributed by atoms with Crippen LogP contribution in [0.15, 0.2) is 36.5 Å². The van der Waals surface area contributed by atoms with Gasteiger partial charge >= 0.3 is 0 Å². The summed E-state index contributed by atoms with van der Waals surface area (Å²) in [7, 11) is 3.32. The molecule has 28 heavy (non-hydrogen) atoms. The van der Waals surface area contributed by atoms with E-state index in [9.17, 15) is 4.79 Å². The molecular formula is C20H26ClN3O4. The molecule has 0 aliphatic carbocycles. The first-order chi connectivity index (χ1) is 13.3. The van der Waals surface area contributed by atoms with Gasteiger partial charge in [0.25, 0.3) is 5.91 Å². The standard InChI is InChI=1S/C20H26ClN3O4/c1-20(2)27-13-15(28-20)10-24(12-17-16(21)11-23(3)22-17)19(25)18(26-4)14-8-6-5-7-9-14/h5-9,11,15,18H,10,12-13H2,1-4H3/t15-,18+/m1/s1. The summed E-state index contributed by atoms with van der Waals surface area (Å²) >= 11 is 6.28. The minimum Gasteiger partial charge on any atom is -0.367 e. The SMILES string of the molecule is CO[C@H](C(=O)N(Cc1nn(C)cc1Cl)C[C@@H]1COC(C)(C)O1)c1ccccc1. The van der Waals surface area contributed by atoms with Crippen LogP contribution in [0.4, 0.5) is 0 Å². The Morgan fingerprint density at radius 1 is 1.43 bits per heavy atom. The molecule has 0 N–H and O–H groups in total. The number of hydrogen-bond donors (Lipinski definition) is 0. The number of halogens is 1. The summed E-state index contributed by atoms with van der Waals surface area (Å²) in [6.45, 7) is 4.73. The zero-order valence-corrected chi connectivity index (χ0v) is 17.3. The number of carbonyl (C=O) groups excluding carboxylic acids is 1. The first-order valence-corrected chi connectivity index (χ1v) is 9.53. The summed E-state index contributed by atoms with van der Waals surface area (Å²) < 4.78 is 18.7. The highest BCUT2D eigenvalue weighted by Gasteiger charge is 2.36. The Morgan fingerprint density at radius 2 is 2.14 bits per heavy atom. The van der Waals surface area contributed by atoms with Gasteiger partial charge < -0.3 is 19.1 Å². The lowest BCUT2D eigenvalue weighted by molar-refractivity contribution is -0.152. The topological polar surface area (TPSA) is 65.8 Å². The number of rotatable bonds is 7. The smallest absolute Gasteiger partial charge is 0.256 e.